The Labute approximate surface area is 212 Å². The fourth-order valence-electron chi connectivity index (χ4n) is 2.99. The molecular weight excluding hydrogens is 648 g/mol. The summed E-state index contributed by atoms with van der Waals surface area (Å²) in [5.74, 6) is -2.39. The minimum absolute atomic E-state index is 0.0313. The van der Waals surface area contributed by atoms with Crippen molar-refractivity contribution < 1.29 is 33.9 Å². The molecule has 1 aromatic carbocycles. The maximum absolute atomic E-state index is 12.7. The van der Waals surface area contributed by atoms with E-state index >= 15 is 0 Å². The van der Waals surface area contributed by atoms with Crippen LogP contribution in [0.15, 0.2) is 12.1 Å². The van der Waals surface area contributed by atoms with Gasteiger partial charge in [0.1, 0.15) is 11.8 Å². The van der Waals surface area contributed by atoms with E-state index in [0.717, 1.165) is 6.42 Å². The monoisotopic (exact) mass is 671 g/mol. The van der Waals surface area contributed by atoms with Crippen molar-refractivity contribution in [2.75, 3.05) is 6.54 Å². The zero-order chi connectivity index (χ0) is 23.7. The summed E-state index contributed by atoms with van der Waals surface area (Å²) >= 11 is 3.92. The van der Waals surface area contributed by atoms with Gasteiger partial charge in [-0.25, -0.2) is 4.79 Å². The van der Waals surface area contributed by atoms with E-state index in [1.165, 1.54) is 0 Å². The molecule has 2 rings (SSSR count). The molecule has 3 N–H and O–H groups in total. The van der Waals surface area contributed by atoms with E-state index in [9.17, 15) is 29.1 Å². The Morgan fingerprint density at radius 2 is 1.75 bits per heavy atom. The van der Waals surface area contributed by atoms with E-state index in [-0.39, 0.29) is 37.3 Å². The van der Waals surface area contributed by atoms with Crippen LogP contribution in [0.5, 0.6) is 5.75 Å². The standard InChI is InChI=1S/C20H23I2N3O7/c21-13-8-12(9-14(22)19(13)30)10-15(20(31)32-25-17(28)5-6-18(25)29)24-16(27)4-2-1-3-7-23-11-26/h8-9,11,15,30H,1-7,10H2,(H,23,26)(H,24,27). The highest BCUT2D eigenvalue weighted by molar-refractivity contribution is 14.1. The maximum Gasteiger partial charge on any atom is 0.355 e. The second kappa shape index (κ2) is 12.9. The van der Waals surface area contributed by atoms with E-state index in [1.54, 1.807) is 12.1 Å². The zero-order valence-corrected chi connectivity index (χ0v) is 21.4. The summed E-state index contributed by atoms with van der Waals surface area (Å²) in [5.41, 5.74) is 0.665. The number of unbranched alkanes of at least 4 members (excludes halogenated alkanes) is 2. The lowest BCUT2D eigenvalue weighted by Gasteiger charge is -2.20. The number of benzene rings is 1. The number of nitrogens with zero attached hydrogens (tertiary/aromatic N) is 1. The molecule has 1 aliphatic heterocycles. The van der Waals surface area contributed by atoms with E-state index in [2.05, 4.69) is 10.6 Å². The molecule has 1 aliphatic rings. The van der Waals surface area contributed by atoms with Crippen LogP contribution >= 0.6 is 45.2 Å². The van der Waals surface area contributed by atoms with E-state index in [1.807, 2.05) is 45.2 Å². The SMILES string of the molecule is O=CNCCCCCC(=O)NC(Cc1cc(I)c(O)c(I)c1)C(=O)ON1C(=O)CCC1=O. The van der Waals surface area contributed by atoms with E-state index < -0.39 is 23.8 Å². The second-order valence-corrected chi connectivity index (χ2v) is 9.43. The van der Waals surface area contributed by atoms with Crippen molar-refractivity contribution in [2.45, 2.75) is 51.0 Å². The molecule has 4 amide bonds. The molecule has 0 aromatic heterocycles. The molecule has 0 radical (unpaired) electrons. The number of phenolic OH excluding ortho intramolecular Hbond substituents is 1. The third-order valence-corrected chi connectivity index (χ3v) is 6.28. The normalized spacial score (nSPS) is 14.2. The lowest BCUT2D eigenvalue weighted by atomic mass is 10.1. The van der Waals surface area contributed by atoms with E-state index in [0.29, 0.717) is 43.6 Å². The van der Waals surface area contributed by atoms with Gasteiger partial charge >= 0.3 is 5.97 Å². The summed E-state index contributed by atoms with van der Waals surface area (Å²) in [6, 6.07) is 2.23. The molecule has 1 unspecified atom stereocenters. The fourth-order valence-corrected chi connectivity index (χ4v) is 4.89. The predicted octanol–water partition coefficient (Wildman–Crippen LogP) is 1.54. The molecule has 1 heterocycles. The molecule has 1 aromatic rings. The Morgan fingerprint density at radius 3 is 2.34 bits per heavy atom. The highest BCUT2D eigenvalue weighted by Crippen LogP contribution is 2.28. The van der Waals surface area contributed by atoms with Gasteiger partial charge in [-0.2, -0.15) is 0 Å². The van der Waals surface area contributed by atoms with Gasteiger partial charge in [-0.15, -0.1) is 5.06 Å². The smallest absolute Gasteiger partial charge is 0.355 e. The summed E-state index contributed by atoms with van der Waals surface area (Å²) in [6.07, 6.45) is 2.77. The van der Waals surface area contributed by atoms with Crippen molar-refractivity contribution in [1.82, 2.24) is 15.7 Å². The number of imide groups is 1. The quantitative estimate of drug-likeness (QED) is 0.133. The van der Waals surface area contributed by atoms with Gasteiger partial charge in [0.2, 0.25) is 12.3 Å². The van der Waals surface area contributed by atoms with Gasteiger partial charge in [-0.3, -0.25) is 19.2 Å². The Morgan fingerprint density at radius 1 is 1.12 bits per heavy atom. The molecule has 1 atom stereocenters. The third-order valence-electron chi connectivity index (χ3n) is 4.63. The van der Waals surface area contributed by atoms with Crippen LogP contribution in [0.4, 0.5) is 0 Å². The number of hydrogen-bond donors (Lipinski definition) is 3. The molecule has 174 valence electrons. The minimum atomic E-state index is -1.13. The molecule has 0 bridgehead atoms. The Balaban J connectivity index is 2.05. The fraction of sp³-hybridized carbons (Fsp3) is 0.450. The molecule has 12 heteroatoms. The Hall–Kier alpha value is -1.97. The van der Waals surface area contributed by atoms with E-state index in [4.69, 9.17) is 4.84 Å². The average molecular weight is 671 g/mol. The lowest BCUT2D eigenvalue weighted by Crippen LogP contribution is -2.46. The highest BCUT2D eigenvalue weighted by atomic mass is 127. The number of rotatable bonds is 12. The van der Waals surface area contributed by atoms with Gasteiger partial charge in [0.05, 0.1) is 7.14 Å². The molecule has 0 saturated carbocycles. The summed E-state index contributed by atoms with van der Waals surface area (Å²) in [5, 5.41) is 15.6. The number of halogens is 2. The van der Waals surface area contributed by atoms with Crippen LogP contribution in [0.1, 0.15) is 44.1 Å². The van der Waals surface area contributed by atoms with Crippen LogP contribution in [-0.2, 0) is 35.2 Å². The first kappa shape index (κ1) is 26.3. The Bertz CT molecular complexity index is 855. The summed E-state index contributed by atoms with van der Waals surface area (Å²) in [7, 11) is 0. The molecule has 0 spiro atoms. The van der Waals surface area contributed by atoms with Gasteiger partial charge in [0, 0.05) is 32.2 Å². The van der Waals surface area contributed by atoms with Crippen molar-refractivity contribution in [3.8, 4) is 5.75 Å². The largest absolute Gasteiger partial charge is 0.506 e. The molecule has 32 heavy (non-hydrogen) atoms. The van der Waals surface area contributed by atoms with Gasteiger partial charge < -0.3 is 20.6 Å². The van der Waals surface area contributed by atoms with Gasteiger partial charge in [0.15, 0.2) is 0 Å². The predicted molar refractivity (Wildman–Crippen MR) is 129 cm³/mol. The lowest BCUT2D eigenvalue weighted by molar-refractivity contribution is -0.199. The first-order valence-electron chi connectivity index (χ1n) is 9.93. The minimum Gasteiger partial charge on any atom is -0.506 e. The van der Waals surface area contributed by atoms with Crippen LogP contribution in [0.2, 0.25) is 0 Å². The van der Waals surface area contributed by atoms with Crippen molar-refractivity contribution in [3.05, 3.63) is 24.8 Å². The topological polar surface area (TPSA) is 142 Å². The summed E-state index contributed by atoms with van der Waals surface area (Å²) in [6.45, 7) is 0.524. The van der Waals surface area contributed by atoms with Crippen LogP contribution < -0.4 is 10.6 Å². The maximum atomic E-state index is 12.7. The van der Waals surface area contributed by atoms with Gasteiger partial charge in [-0.05, 0) is 75.7 Å². The summed E-state index contributed by atoms with van der Waals surface area (Å²) < 4.78 is 1.16. The molecule has 1 fully saturated rings. The van der Waals surface area contributed by atoms with Gasteiger partial charge in [0.25, 0.3) is 11.8 Å². The van der Waals surface area contributed by atoms with Crippen LogP contribution in [-0.4, -0.2) is 52.9 Å². The second-order valence-electron chi connectivity index (χ2n) is 7.11. The van der Waals surface area contributed by atoms with Crippen molar-refractivity contribution in [3.63, 3.8) is 0 Å². The van der Waals surface area contributed by atoms with Crippen LogP contribution in [0.3, 0.4) is 0 Å². The number of phenols is 1. The third kappa shape index (κ3) is 7.86. The number of nitrogens with one attached hydrogen (secondary N) is 2. The zero-order valence-electron chi connectivity index (χ0n) is 17.1. The van der Waals surface area contributed by atoms with Crippen molar-refractivity contribution in [2.24, 2.45) is 0 Å². The molecule has 1 saturated heterocycles. The number of carbonyl (C=O) groups is 5. The van der Waals surface area contributed by atoms with Crippen molar-refractivity contribution in [1.29, 1.82) is 0 Å². The van der Waals surface area contributed by atoms with Gasteiger partial charge in [-0.1, -0.05) is 6.42 Å². The van der Waals surface area contributed by atoms with Crippen molar-refractivity contribution >= 4 is 75.3 Å². The number of carbonyl (C=O) groups excluding carboxylic acids is 5. The number of hydrogen-bond acceptors (Lipinski definition) is 7. The summed E-state index contributed by atoms with van der Waals surface area (Å²) in [4.78, 5) is 64.0. The van der Waals surface area contributed by atoms with Crippen LogP contribution in [0, 0.1) is 7.14 Å². The average Bonchev–Trinajstić information content (AvgIpc) is 3.06. The number of aromatic hydroxyl groups is 1. The van der Waals surface area contributed by atoms with Crippen LogP contribution in [0.25, 0.3) is 0 Å². The number of amides is 4. The first-order valence-corrected chi connectivity index (χ1v) is 12.1. The Kier molecular flexibility index (Phi) is 10.6. The molecular formula is C20H23I2N3O7. The first-order chi connectivity index (χ1) is 15.2. The molecule has 10 nitrogen and oxygen atoms in total. The highest BCUT2D eigenvalue weighted by Gasteiger charge is 2.35. The number of hydroxylamine groups is 2. The molecule has 0 aliphatic carbocycles.